The van der Waals surface area contributed by atoms with Crippen molar-refractivity contribution in [2.45, 2.75) is 19.9 Å². The molecule has 1 atom stereocenters. The van der Waals surface area contributed by atoms with Gasteiger partial charge in [0.15, 0.2) is 10.9 Å². The topological polar surface area (TPSA) is 97.0 Å². The minimum Gasteiger partial charge on any atom is -0.505 e. The van der Waals surface area contributed by atoms with Crippen LogP contribution in [0.15, 0.2) is 66.4 Å². The summed E-state index contributed by atoms with van der Waals surface area (Å²) in [4.78, 5) is 37.7. The molecule has 1 saturated heterocycles. The molecule has 10 heteroatoms. The molecule has 38 heavy (non-hydrogen) atoms. The van der Waals surface area contributed by atoms with Crippen LogP contribution in [0.4, 0.5) is 5.13 Å². The number of carbonyl (C=O) groups is 2. The molecule has 0 saturated carbocycles. The maximum Gasteiger partial charge on any atom is 0.301 e. The number of imidazole rings is 1. The van der Waals surface area contributed by atoms with Gasteiger partial charge in [0, 0.05) is 11.2 Å². The summed E-state index contributed by atoms with van der Waals surface area (Å²) in [5, 5.41) is 12.3. The molecule has 2 aromatic carbocycles. The number of thiazole rings is 1. The second-order valence-corrected chi connectivity index (χ2v) is 10.4. The fourth-order valence-corrected chi connectivity index (χ4v) is 6.04. The Hall–Kier alpha value is -4.21. The number of rotatable bonds is 4. The summed E-state index contributed by atoms with van der Waals surface area (Å²) in [5.41, 5.74) is 3.59. The molecule has 1 aliphatic heterocycles. The highest BCUT2D eigenvalue weighted by molar-refractivity contribution is 7.22. The van der Waals surface area contributed by atoms with Gasteiger partial charge in [-0.25, -0.2) is 9.97 Å². The predicted octanol–water partition coefficient (Wildman–Crippen LogP) is 5.85. The summed E-state index contributed by atoms with van der Waals surface area (Å²) in [6, 6.07) is 15.1. The van der Waals surface area contributed by atoms with Gasteiger partial charge in [-0.15, -0.1) is 0 Å². The molecule has 0 radical (unpaired) electrons. The van der Waals surface area contributed by atoms with Crippen molar-refractivity contribution in [1.29, 1.82) is 0 Å². The quantitative estimate of drug-likeness (QED) is 0.173. The number of nitrogens with zero attached hydrogens (tertiary/aromatic N) is 4. The van der Waals surface area contributed by atoms with Gasteiger partial charge < -0.3 is 14.2 Å². The zero-order valence-corrected chi connectivity index (χ0v) is 22.2. The SMILES string of the molecule is COc1ccc2nc(N3C(=O)C(=O)C(=C(O)c4nc5c(C)cccn5c4C)C3c3cccc(Cl)c3)sc2c1. The largest absolute Gasteiger partial charge is 0.505 e. The number of aliphatic hydroxyl groups is 1. The van der Waals surface area contributed by atoms with E-state index in [4.69, 9.17) is 16.3 Å². The van der Waals surface area contributed by atoms with E-state index in [1.807, 2.05) is 35.7 Å². The number of carbonyl (C=O) groups excluding carboxylic acids is 2. The monoisotopic (exact) mass is 544 g/mol. The molecule has 5 aromatic rings. The Morgan fingerprint density at radius 3 is 2.63 bits per heavy atom. The van der Waals surface area contributed by atoms with E-state index in [0.29, 0.717) is 38.3 Å². The number of ketones is 1. The molecule has 1 aliphatic rings. The maximum atomic E-state index is 13.6. The van der Waals surface area contributed by atoms with Crippen molar-refractivity contribution >= 4 is 61.4 Å². The second kappa shape index (κ2) is 8.97. The van der Waals surface area contributed by atoms with Crippen molar-refractivity contribution in [1.82, 2.24) is 14.4 Å². The lowest BCUT2D eigenvalue weighted by molar-refractivity contribution is -0.132. The molecule has 0 aliphatic carbocycles. The Bertz CT molecular complexity index is 1820. The van der Waals surface area contributed by atoms with Crippen LogP contribution in [-0.4, -0.2) is 38.3 Å². The van der Waals surface area contributed by atoms with E-state index in [-0.39, 0.29) is 17.0 Å². The molecule has 1 N–H and O–H groups in total. The zero-order valence-electron chi connectivity index (χ0n) is 20.6. The third-order valence-corrected chi connectivity index (χ3v) is 7.96. The van der Waals surface area contributed by atoms with Crippen molar-refractivity contribution in [2.24, 2.45) is 0 Å². The Kier molecular flexibility index (Phi) is 5.70. The van der Waals surface area contributed by atoms with E-state index in [2.05, 4.69) is 9.97 Å². The molecule has 1 amide bonds. The summed E-state index contributed by atoms with van der Waals surface area (Å²) in [7, 11) is 1.57. The summed E-state index contributed by atoms with van der Waals surface area (Å²) < 4.78 is 7.95. The minimum absolute atomic E-state index is 0.0711. The van der Waals surface area contributed by atoms with Crippen molar-refractivity contribution in [3.8, 4) is 5.75 Å². The molecular formula is C28H21ClN4O4S. The van der Waals surface area contributed by atoms with Crippen molar-refractivity contribution in [3.05, 3.63) is 93.9 Å². The predicted molar refractivity (Wildman–Crippen MR) is 147 cm³/mol. The minimum atomic E-state index is -0.957. The van der Waals surface area contributed by atoms with Gasteiger partial charge in [-0.05, 0) is 61.4 Å². The van der Waals surface area contributed by atoms with Crippen molar-refractivity contribution in [2.75, 3.05) is 12.0 Å². The number of aromatic nitrogens is 3. The average molecular weight is 545 g/mol. The number of fused-ring (bicyclic) bond motifs is 2. The van der Waals surface area contributed by atoms with Gasteiger partial charge in [0.2, 0.25) is 0 Å². The normalized spacial score (nSPS) is 17.2. The van der Waals surface area contributed by atoms with Gasteiger partial charge in [0.25, 0.3) is 5.78 Å². The molecule has 190 valence electrons. The number of ether oxygens (including phenoxy) is 1. The Labute approximate surface area is 226 Å². The third-order valence-electron chi connectivity index (χ3n) is 6.71. The first-order valence-corrected chi connectivity index (χ1v) is 12.9. The number of amides is 1. The van der Waals surface area contributed by atoms with Gasteiger partial charge in [0.05, 0.1) is 34.6 Å². The maximum absolute atomic E-state index is 13.6. The van der Waals surface area contributed by atoms with Gasteiger partial charge >= 0.3 is 5.91 Å². The molecule has 3 aromatic heterocycles. The van der Waals surface area contributed by atoms with Gasteiger partial charge in [0.1, 0.15) is 17.1 Å². The number of methoxy groups -OCH3 is 1. The van der Waals surface area contributed by atoms with Crippen molar-refractivity contribution in [3.63, 3.8) is 0 Å². The number of pyridine rings is 1. The standard InChI is InChI=1S/C28H21ClN4O4S/c1-14-6-5-11-32-15(2)22(31-26(14)32)24(34)21-23(16-7-4-8-17(29)12-16)33(27(36)25(21)35)28-30-19-10-9-18(37-3)13-20(19)38-28/h4-13,23,34H,1-3H3. The molecule has 8 nitrogen and oxygen atoms in total. The fraction of sp³-hybridized carbons (Fsp3) is 0.143. The summed E-state index contributed by atoms with van der Waals surface area (Å²) >= 11 is 7.57. The Balaban J connectivity index is 1.59. The number of aryl methyl sites for hydroxylation is 2. The van der Waals surface area contributed by atoms with Crippen LogP contribution in [-0.2, 0) is 9.59 Å². The first-order valence-electron chi connectivity index (χ1n) is 11.7. The molecule has 1 unspecified atom stereocenters. The Morgan fingerprint density at radius 1 is 1.08 bits per heavy atom. The lowest BCUT2D eigenvalue weighted by Gasteiger charge is -2.23. The van der Waals surface area contributed by atoms with E-state index in [9.17, 15) is 14.7 Å². The summed E-state index contributed by atoms with van der Waals surface area (Å²) in [6.07, 6.45) is 1.84. The lowest BCUT2D eigenvalue weighted by atomic mass is 9.96. The van der Waals surface area contributed by atoms with E-state index >= 15 is 0 Å². The molecule has 6 rings (SSSR count). The molecule has 0 bridgehead atoms. The van der Waals surface area contributed by atoms with Crippen LogP contribution in [0.25, 0.3) is 21.6 Å². The number of halogens is 1. The third kappa shape index (κ3) is 3.66. The lowest BCUT2D eigenvalue weighted by Crippen LogP contribution is -2.29. The number of hydrogen-bond acceptors (Lipinski definition) is 7. The fourth-order valence-electron chi connectivity index (χ4n) is 4.82. The van der Waals surface area contributed by atoms with Crippen LogP contribution in [0, 0.1) is 13.8 Å². The number of anilines is 1. The van der Waals surface area contributed by atoms with Gasteiger partial charge in [-0.1, -0.05) is 41.1 Å². The van der Waals surface area contributed by atoms with Crippen LogP contribution in [0.5, 0.6) is 5.75 Å². The summed E-state index contributed by atoms with van der Waals surface area (Å²) in [5.74, 6) is -1.31. The van der Waals surface area contributed by atoms with Gasteiger partial charge in [-0.2, -0.15) is 0 Å². The second-order valence-electron chi connectivity index (χ2n) is 8.98. The van der Waals surface area contributed by atoms with E-state index in [1.54, 1.807) is 50.4 Å². The Morgan fingerprint density at radius 2 is 1.89 bits per heavy atom. The van der Waals surface area contributed by atoms with Crippen molar-refractivity contribution < 1.29 is 19.4 Å². The van der Waals surface area contributed by atoms with Gasteiger partial charge in [-0.3, -0.25) is 14.5 Å². The number of hydrogen-bond donors (Lipinski definition) is 1. The smallest absolute Gasteiger partial charge is 0.301 e. The summed E-state index contributed by atoms with van der Waals surface area (Å²) in [6.45, 7) is 3.72. The van der Waals surface area contributed by atoms with Crippen LogP contribution in [0.1, 0.15) is 28.6 Å². The highest BCUT2D eigenvalue weighted by Crippen LogP contribution is 2.45. The van der Waals surface area contributed by atoms with Crippen LogP contribution >= 0.6 is 22.9 Å². The van der Waals surface area contributed by atoms with Crippen LogP contribution in [0.2, 0.25) is 5.02 Å². The first-order chi connectivity index (χ1) is 18.3. The van der Waals surface area contributed by atoms with E-state index < -0.39 is 17.7 Å². The number of Topliss-reactive ketones (excluding diaryl/α,β-unsaturated/α-hetero) is 1. The van der Waals surface area contributed by atoms with E-state index in [0.717, 1.165) is 10.3 Å². The van der Waals surface area contributed by atoms with Crippen LogP contribution in [0.3, 0.4) is 0 Å². The molecular weight excluding hydrogens is 524 g/mol. The number of benzene rings is 2. The number of aliphatic hydroxyl groups excluding tert-OH is 1. The highest BCUT2D eigenvalue weighted by Gasteiger charge is 2.48. The average Bonchev–Trinajstić information content (AvgIpc) is 3.56. The van der Waals surface area contributed by atoms with Crippen LogP contribution < -0.4 is 9.64 Å². The molecule has 4 heterocycles. The first kappa shape index (κ1) is 24.1. The van der Waals surface area contributed by atoms with E-state index in [1.165, 1.54) is 16.2 Å². The highest BCUT2D eigenvalue weighted by atomic mass is 35.5. The zero-order chi connectivity index (χ0) is 26.7. The molecule has 1 fully saturated rings. The molecule has 0 spiro atoms.